The molecule has 12 aromatic rings. The molecular formula is C106H116ClF5N18O14S2. The third kappa shape index (κ3) is 27.3. The summed E-state index contributed by atoms with van der Waals surface area (Å²) in [6.45, 7) is 15.6. The van der Waals surface area contributed by atoms with Crippen molar-refractivity contribution in [3.63, 3.8) is 0 Å². The highest BCUT2D eigenvalue weighted by Gasteiger charge is 2.41. The lowest BCUT2D eigenvalue weighted by Gasteiger charge is -2.17. The van der Waals surface area contributed by atoms with Gasteiger partial charge in [0.2, 0.25) is 10.0 Å². The van der Waals surface area contributed by atoms with Gasteiger partial charge in [-0.05, 0) is 210 Å². The Morgan fingerprint density at radius 1 is 0.459 bits per heavy atom. The molecule has 3 fully saturated rings. The number of rotatable bonds is 43. The number of nitrogens with one attached hydrogen (secondary N) is 5. The first-order valence-corrected chi connectivity index (χ1v) is 52.4. The first-order chi connectivity index (χ1) is 70.5. The van der Waals surface area contributed by atoms with Crippen molar-refractivity contribution >= 4 is 73.7 Å². The molecule has 5 aromatic carbocycles. The molecule has 0 atom stereocenters. The summed E-state index contributed by atoms with van der Waals surface area (Å²) in [5, 5.41) is 34.7. The van der Waals surface area contributed by atoms with E-state index in [1.54, 1.807) is 70.3 Å². The summed E-state index contributed by atoms with van der Waals surface area (Å²) >= 11 is 8.10. The van der Waals surface area contributed by atoms with Crippen LogP contribution in [0.5, 0.6) is 23.0 Å². The number of nitrogens with zero attached hydrogens (tertiary/aromatic N) is 13. The number of carbonyl (C=O) groups is 4. The Labute approximate surface area is 848 Å². The van der Waals surface area contributed by atoms with Crippen LogP contribution in [0.3, 0.4) is 0 Å². The number of ether oxygens (including phenoxy) is 4. The molecule has 40 heteroatoms. The van der Waals surface area contributed by atoms with E-state index >= 15 is 8.78 Å². The van der Waals surface area contributed by atoms with Crippen LogP contribution >= 0.6 is 22.9 Å². The van der Waals surface area contributed by atoms with Crippen LogP contribution in [0.1, 0.15) is 202 Å². The van der Waals surface area contributed by atoms with Gasteiger partial charge in [-0.2, -0.15) is 53.7 Å². The van der Waals surface area contributed by atoms with E-state index in [1.807, 2.05) is 79.2 Å². The smallest absolute Gasteiger partial charge is 0.417 e. The van der Waals surface area contributed by atoms with Crippen LogP contribution in [0.15, 0.2) is 208 Å². The lowest BCUT2D eigenvalue weighted by molar-refractivity contribution is -0.137. The monoisotopic (exact) mass is 2060 g/mol. The highest BCUT2D eigenvalue weighted by molar-refractivity contribution is 7.91. The molecule has 3 saturated carbocycles. The fourth-order valence-electron chi connectivity index (χ4n) is 16.6. The van der Waals surface area contributed by atoms with Gasteiger partial charge in [0.25, 0.3) is 45.9 Å². The zero-order valence-corrected chi connectivity index (χ0v) is 84.4. The number of H-pyrrole nitrogens is 4. The molecule has 7 aromatic heterocycles. The van der Waals surface area contributed by atoms with Crippen molar-refractivity contribution < 1.29 is 68.5 Å². The molecule has 10 heterocycles. The summed E-state index contributed by atoms with van der Waals surface area (Å²) in [5.74, 6) is -0.581. The molecule has 0 unspecified atom stereocenters. The molecule has 18 rings (SSSR count). The van der Waals surface area contributed by atoms with Crippen molar-refractivity contribution in [2.75, 3.05) is 61.1 Å². The molecule has 146 heavy (non-hydrogen) atoms. The zero-order chi connectivity index (χ0) is 103. The predicted octanol–water partition coefficient (Wildman–Crippen LogP) is 23.1. The Bertz CT molecular complexity index is 7170. The van der Waals surface area contributed by atoms with Crippen molar-refractivity contribution in [2.24, 2.45) is 42.8 Å². The van der Waals surface area contributed by atoms with Gasteiger partial charge >= 0.3 is 6.18 Å². The van der Waals surface area contributed by atoms with Crippen LogP contribution in [-0.2, 0) is 50.1 Å². The lowest BCUT2D eigenvalue weighted by atomic mass is 9.98. The summed E-state index contributed by atoms with van der Waals surface area (Å²) in [7, 11) is -4.00. The van der Waals surface area contributed by atoms with Crippen LogP contribution in [0.4, 0.5) is 39.0 Å². The number of hydrogen-bond donors (Lipinski definition) is 5. The quantitative estimate of drug-likeness (QED) is 0.0175. The minimum Gasteiger partial charge on any atom is -0.494 e. The number of thiophene rings is 1. The van der Waals surface area contributed by atoms with Crippen molar-refractivity contribution in [2.45, 2.75) is 214 Å². The zero-order valence-electron chi connectivity index (χ0n) is 82.0. The molecule has 0 radical (unpaired) electrons. The highest BCUT2D eigenvalue weighted by Crippen LogP contribution is 2.45. The number of carbonyl (C=O) groups excluding carboxylic acids is 4. The maximum Gasteiger partial charge on any atom is 0.417 e. The molecule has 32 nitrogen and oxygen atoms in total. The number of unbranched alkanes of at least 4 members (excludes halogenated alkanes) is 12. The van der Waals surface area contributed by atoms with Gasteiger partial charge in [0.1, 0.15) is 82.6 Å². The van der Waals surface area contributed by atoms with E-state index in [1.165, 1.54) is 67.4 Å². The highest BCUT2D eigenvalue weighted by atomic mass is 35.5. The van der Waals surface area contributed by atoms with Gasteiger partial charge in [0.15, 0.2) is 0 Å². The first kappa shape index (κ1) is 106. The van der Waals surface area contributed by atoms with Crippen molar-refractivity contribution in [1.29, 1.82) is 0 Å². The van der Waals surface area contributed by atoms with Crippen molar-refractivity contribution in [3.05, 3.63) is 238 Å². The third-order valence-electron chi connectivity index (χ3n) is 25.0. The minimum absolute atomic E-state index is 0.0465. The predicted molar refractivity (Wildman–Crippen MR) is 550 cm³/mol. The number of halogens is 6. The number of sulfonamides is 1. The maximum absolute atomic E-state index is 15.1. The molecular weight excluding hydrogens is 1940 g/mol. The van der Waals surface area contributed by atoms with E-state index in [9.17, 15) is 59.9 Å². The Morgan fingerprint density at radius 2 is 0.890 bits per heavy atom. The minimum atomic E-state index is -4.78. The van der Waals surface area contributed by atoms with Gasteiger partial charge in [0.05, 0.1) is 59.3 Å². The Kier molecular flexibility index (Phi) is 35.7. The second kappa shape index (κ2) is 49.1. The summed E-state index contributed by atoms with van der Waals surface area (Å²) < 4.78 is 126. The number of pyridine rings is 4. The normalized spacial score (nSPS) is 14.3. The Balaban J connectivity index is 0.000000147. The van der Waals surface area contributed by atoms with Crippen molar-refractivity contribution in [1.82, 2.24) is 44.2 Å². The van der Waals surface area contributed by atoms with Gasteiger partial charge in [-0.1, -0.05) is 169 Å². The molecule has 6 aliphatic rings. The topological polar surface area (TPSA) is 402 Å². The first-order valence-electron chi connectivity index (χ1n) is 49.6. The molecule has 768 valence electrons. The van der Waals surface area contributed by atoms with Crippen LogP contribution in [-0.4, -0.2) is 123 Å². The van der Waals surface area contributed by atoms with E-state index in [0.717, 1.165) is 157 Å². The molecule has 0 spiro atoms. The maximum atomic E-state index is 15.1. The van der Waals surface area contributed by atoms with E-state index in [4.69, 9.17) is 30.5 Å². The van der Waals surface area contributed by atoms with Gasteiger partial charge in [0, 0.05) is 97.7 Å². The molecule has 3 aliphatic carbocycles. The number of alkyl halides is 3. The number of hydrogen-bond acceptors (Lipinski definition) is 23. The fraction of sp³-hybridized carbons (Fsp3) is 0.396. The summed E-state index contributed by atoms with van der Waals surface area (Å²) in [4.78, 5) is 116. The average molecular weight is 2060 g/mol. The summed E-state index contributed by atoms with van der Waals surface area (Å²) in [5.41, 5.74) is 1.63. The summed E-state index contributed by atoms with van der Waals surface area (Å²) in [6, 6.07) is 39.6. The number of aryl methyl sites for hydroxylation is 2. The second-order valence-electron chi connectivity index (χ2n) is 36.6. The molecule has 0 bridgehead atoms. The molecule has 3 aliphatic heterocycles. The SMILES string of the molecule is CCCCCCOc1ccc(-c2cc(-c3ccc(C)cc3)c(N3N=NCC3=O)c(=O)[nH]2)c(F)c1.CCCCCCOc1ccc(-c2cc(-c3ccc(CC)s3)c(N3N=NCC3=O)c(=O)[nH]2)c(F)c1.CCCCCCOc1ccc(-c2cc(-c3ccn(CC4CC4)n3)c(C(=O)NS(=O)(=O)C3CC3)c(=O)[nH]2)c(C(F)(F)F)c1.CCCCCCOc1ccc(-c2cc(-c3nn(CC4CC4)cc3Cl)c(N3N=NCC3=O)c(=O)[nH]2)cc1. The van der Waals surface area contributed by atoms with Crippen LogP contribution in [0.2, 0.25) is 5.02 Å². The Morgan fingerprint density at radius 3 is 1.36 bits per heavy atom. The fourth-order valence-corrected chi connectivity index (χ4v) is 19.1. The van der Waals surface area contributed by atoms with Crippen LogP contribution in [0.25, 0.3) is 89.1 Å². The molecule has 4 amide bonds. The lowest BCUT2D eigenvalue weighted by Crippen LogP contribution is -2.37. The second-order valence-corrected chi connectivity index (χ2v) is 40.1. The molecule has 0 saturated heterocycles. The van der Waals surface area contributed by atoms with Gasteiger partial charge < -0.3 is 38.9 Å². The van der Waals surface area contributed by atoms with E-state index < -0.39 is 84.2 Å². The van der Waals surface area contributed by atoms with E-state index in [2.05, 4.69) is 88.8 Å². The average Bonchev–Trinajstić information content (AvgIpc) is 1.43. The van der Waals surface area contributed by atoms with Gasteiger partial charge in [-0.15, -0.1) is 11.3 Å². The van der Waals surface area contributed by atoms with Crippen LogP contribution < -0.4 is 60.9 Å². The largest absolute Gasteiger partial charge is 0.494 e. The number of aromatic nitrogens is 8. The van der Waals surface area contributed by atoms with Gasteiger partial charge in [-0.25, -0.2) is 21.9 Å². The number of amides is 4. The number of anilines is 3. The van der Waals surface area contributed by atoms with E-state index in [0.29, 0.717) is 119 Å². The number of aromatic amines is 4. The molecule has 5 N–H and O–H groups in total. The number of benzene rings is 5. The van der Waals surface area contributed by atoms with Gasteiger partial charge in [-0.3, -0.25) is 47.7 Å². The summed E-state index contributed by atoms with van der Waals surface area (Å²) in [6.07, 6.45) is 21.5. The standard InChI is InChI=1S/C29H33F3N4O5S.C26H29ClN6O3.C26H27FN4O3.C25H27FN4O3S/c1-2-3-4-5-14-41-19-8-11-21(23(15-19)29(30,31)32)25-16-22(24-12-13-36(34-24)17-18-6-7-18)26(27(37)33-25)28(38)35-42(39,40)20-9-10-20;1-2-3-4-5-12-36-19-10-8-18(9-11-19)22-13-20(24-21(27)16-32(30-24)15-17-6-7-17)25(26(35)29-22)33-23(34)14-28-31-33;1-3-4-5-6-13-34-19-11-12-20(22(27)14-19)23-15-21(18-9-7-17(2)8-10-18)25(26(33)29-23)31-24(32)16-28-30-31;1-3-5-6-7-12-33-16-8-10-18(20(26)13-16)21-14-19(22-11-9-17(4-2)34-22)24(25(32)28-21)30-23(31)15-27-29-30/h8,11-13,15-16,18,20H,2-7,9-10,14,17H2,1H3,(H,33,37)(H,35,38);8-11,13,16-17H,2-7,12,14-15H2,1H3,(H,29,35);7-12,14-15H,3-6,13,16H2,1-2H3,(H,29,33);8-11,13-14H,3-7,12,15H2,1-2H3,(H,28,32). The third-order valence-corrected chi connectivity index (χ3v) is 28.3. The Hall–Kier alpha value is -14.2. The van der Waals surface area contributed by atoms with Crippen molar-refractivity contribution in [3.8, 4) is 112 Å². The van der Waals surface area contributed by atoms with Crippen LogP contribution in [0, 0.1) is 30.4 Å². The van der Waals surface area contributed by atoms with E-state index in [-0.39, 0.29) is 88.6 Å².